The predicted molar refractivity (Wildman–Crippen MR) is 96.4 cm³/mol. The number of morpholine rings is 1. The highest BCUT2D eigenvalue weighted by atomic mass is 32.1. The highest BCUT2D eigenvalue weighted by Crippen LogP contribution is 2.24. The Balaban J connectivity index is 1.84. The first kappa shape index (κ1) is 16.2. The van der Waals surface area contributed by atoms with Crippen LogP contribution in [0.4, 0.5) is 17.6 Å². The molecular weight excluding hydrogens is 312 g/mol. The second kappa shape index (κ2) is 7.74. The van der Waals surface area contributed by atoms with Crippen molar-refractivity contribution in [2.24, 2.45) is 0 Å². The number of hydrogen-bond acceptors (Lipinski definition) is 6. The van der Waals surface area contributed by atoms with E-state index >= 15 is 0 Å². The van der Waals surface area contributed by atoms with Gasteiger partial charge in [0.05, 0.1) is 13.2 Å². The van der Waals surface area contributed by atoms with Crippen molar-refractivity contribution in [1.82, 2.24) is 15.3 Å². The normalized spacial score (nSPS) is 18.1. The number of nitrogens with one attached hydrogen (secondary N) is 2. The van der Waals surface area contributed by atoms with E-state index in [-0.39, 0.29) is 0 Å². The van der Waals surface area contributed by atoms with Gasteiger partial charge in [-0.2, -0.15) is 9.97 Å². The molecule has 0 spiro atoms. The zero-order chi connectivity index (χ0) is 16.1. The van der Waals surface area contributed by atoms with E-state index in [4.69, 9.17) is 17.0 Å². The first-order valence-corrected chi connectivity index (χ1v) is 8.68. The molecule has 126 valence electrons. The summed E-state index contributed by atoms with van der Waals surface area (Å²) in [7, 11) is 0. The summed E-state index contributed by atoms with van der Waals surface area (Å²) in [5.41, 5.74) is 0. The molecule has 8 heteroatoms. The van der Waals surface area contributed by atoms with Crippen LogP contribution in [0, 0.1) is 0 Å². The van der Waals surface area contributed by atoms with E-state index in [0.717, 1.165) is 57.6 Å². The molecule has 7 nitrogen and oxygen atoms in total. The van der Waals surface area contributed by atoms with Gasteiger partial charge in [0, 0.05) is 38.8 Å². The molecule has 0 radical (unpaired) electrons. The summed E-state index contributed by atoms with van der Waals surface area (Å²) in [6.07, 6.45) is 2.44. The third kappa shape index (κ3) is 4.20. The summed E-state index contributed by atoms with van der Waals surface area (Å²) in [6.45, 7) is 8.07. The average molecular weight is 336 g/mol. The van der Waals surface area contributed by atoms with Gasteiger partial charge >= 0.3 is 0 Å². The Kier molecular flexibility index (Phi) is 5.45. The highest BCUT2D eigenvalue weighted by molar-refractivity contribution is 7.80. The predicted octanol–water partition coefficient (Wildman–Crippen LogP) is 1.22. The Bertz CT molecular complexity index is 543. The quantitative estimate of drug-likeness (QED) is 0.796. The van der Waals surface area contributed by atoms with Gasteiger partial charge < -0.3 is 25.2 Å². The van der Waals surface area contributed by atoms with Crippen molar-refractivity contribution in [1.29, 1.82) is 0 Å². The van der Waals surface area contributed by atoms with Crippen LogP contribution in [0.2, 0.25) is 0 Å². The zero-order valence-electron chi connectivity index (χ0n) is 13.5. The molecule has 0 atom stereocenters. The Morgan fingerprint density at radius 3 is 2.35 bits per heavy atom. The standard InChI is InChI=1S/C15H24N6OS/c1-2-16-15(23)19-14-17-12(20-5-3-4-6-20)11-13(18-14)21-7-9-22-10-8-21/h11H,2-10H2,1H3,(H2,16,17,18,19,23). The molecule has 0 bridgehead atoms. The van der Waals surface area contributed by atoms with E-state index in [0.29, 0.717) is 11.1 Å². The van der Waals surface area contributed by atoms with Crippen molar-refractivity contribution in [2.45, 2.75) is 19.8 Å². The maximum absolute atomic E-state index is 5.44. The lowest BCUT2D eigenvalue weighted by atomic mass is 10.4. The first-order valence-electron chi connectivity index (χ1n) is 8.28. The van der Waals surface area contributed by atoms with Crippen LogP contribution in [0.15, 0.2) is 6.07 Å². The Labute approximate surface area is 142 Å². The summed E-state index contributed by atoms with van der Waals surface area (Å²) in [5.74, 6) is 2.47. The molecule has 0 amide bonds. The Morgan fingerprint density at radius 2 is 1.74 bits per heavy atom. The fourth-order valence-corrected chi connectivity index (χ4v) is 3.08. The molecule has 23 heavy (non-hydrogen) atoms. The maximum atomic E-state index is 5.44. The van der Waals surface area contributed by atoms with Crippen LogP contribution < -0.4 is 20.4 Å². The molecule has 3 rings (SSSR count). The molecule has 1 aromatic rings. The third-order valence-electron chi connectivity index (χ3n) is 4.03. The van der Waals surface area contributed by atoms with Crippen LogP contribution in [-0.2, 0) is 4.74 Å². The topological polar surface area (TPSA) is 65.6 Å². The van der Waals surface area contributed by atoms with Crippen molar-refractivity contribution in [2.75, 3.05) is 61.1 Å². The largest absolute Gasteiger partial charge is 0.378 e. The average Bonchev–Trinajstić information content (AvgIpc) is 3.10. The lowest BCUT2D eigenvalue weighted by Crippen LogP contribution is -2.37. The molecule has 2 aliphatic rings. The molecule has 2 saturated heterocycles. The number of rotatable bonds is 4. The molecular formula is C15H24N6OS. The van der Waals surface area contributed by atoms with Gasteiger partial charge in [0.2, 0.25) is 5.95 Å². The summed E-state index contributed by atoms with van der Waals surface area (Å²) >= 11 is 5.26. The minimum atomic E-state index is 0.555. The van der Waals surface area contributed by atoms with Gasteiger partial charge in [0.25, 0.3) is 0 Å². The molecule has 0 aromatic carbocycles. The molecule has 2 fully saturated rings. The number of thiocarbonyl (C=S) groups is 1. The van der Waals surface area contributed by atoms with E-state index in [1.165, 1.54) is 12.8 Å². The Hall–Kier alpha value is -1.67. The smallest absolute Gasteiger partial charge is 0.232 e. The molecule has 0 saturated carbocycles. The molecule has 2 aliphatic heterocycles. The number of ether oxygens (including phenoxy) is 1. The van der Waals surface area contributed by atoms with Crippen molar-refractivity contribution in [3.8, 4) is 0 Å². The van der Waals surface area contributed by atoms with Crippen LogP contribution in [0.3, 0.4) is 0 Å². The lowest BCUT2D eigenvalue weighted by Gasteiger charge is -2.29. The van der Waals surface area contributed by atoms with Gasteiger partial charge in [0.1, 0.15) is 11.6 Å². The molecule has 3 heterocycles. The molecule has 1 aromatic heterocycles. The van der Waals surface area contributed by atoms with Gasteiger partial charge in [-0.25, -0.2) is 0 Å². The summed E-state index contributed by atoms with van der Waals surface area (Å²) in [5, 5.41) is 6.73. The number of hydrogen-bond donors (Lipinski definition) is 2. The van der Waals surface area contributed by atoms with Crippen LogP contribution in [0.25, 0.3) is 0 Å². The Morgan fingerprint density at radius 1 is 1.13 bits per heavy atom. The zero-order valence-corrected chi connectivity index (χ0v) is 14.4. The van der Waals surface area contributed by atoms with Crippen LogP contribution in [-0.4, -0.2) is 61.0 Å². The number of anilines is 3. The number of aromatic nitrogens is 2. The van der Waals surface area contributed by atoms with Crippen molar-refractivity contribution in [3.63, 3.8) is 0 Å². The highest BCUT2D eigenvalue weighted by Gasteiger charge is 2.19. The van der Waals surface area contributed by atoms with E-state index in [1.807, 2.05) is 6.92 Å². The SMILES string of the molecule is CCNC(=S)Nc1nc(N2CCCC2)cc(N2CCOCC2)n1. The molecule has 2 N–H and O–H groups in total. The van der Waals surface area contributed by atoms with E-state index in [9.17, 15) is 0 Å². The van der Waals surface area contributed by atoms with E-state index < -0.39 is 0 Å². The second-order valence-corrected chi connectivity index (χ2v) is 6.09. The minimum absolute atomic E-state index is 0.555. The minimum Gasteiger partial charge on any atom is -0.378 e. The van der Waals surface area contributed by atoms with Gasteiger partial charge in [0.15, 0.2) is 5.11 Å². The monoisotopic (exact) mass is 336 g/mol. The van der Waals surface area contributed by atoms with Crippen molar-refractivity contribution in [3.05, 3.63) is 6.07 Å². The summed E-state index contributed by atoms with van der Waals surface area (Å²) < 4.78 is 5.44. The fraction of sp³-hybridized carbons (Fsp3) is 0.667. The van der Waals surface area contributed by atoms with Gasteiger partial charge in [-0.05, 0) is 32.0 Å². The van der Waals surface area contributed by atoms with Gasteiger partial charge in [-0.3, -0.25) is 0 Å². The fourth-order valence-electron chi connectivity index (χ4n) is 2.85. The second-order valence-electron chi connectivity index (χ2n) is 5.69. The molecule has 0 aliphatic carbocycles. The number of nitrogens with zero attached hydrogens (tertiary/aromatic N) is 4. The lowest BCUT2D eigenvalue weighted by molar-refractivity contribution is 0.122. The van der Waals surface area contributed by atoms with Crippen LogP contribution in [0.1, 0.15) is 19.8 Å². The molecule has 0 unspecified atom stereocenters. The maximum Gasteiger partial charge on any atom is 0.232 e. The third-order valence-corrected chi connectivity index (χ3v) is 4.27. The van der Waals surface area contributed by atoms with E-state index in [1.54, 1.807) is 0 Å². The van der Waals surface area contributed by atoms with Crippen molar-refractivity contribution < 1.29 is 4.74 Å². The van der Waals surface area contributed by atoms with Gasteiger partial charge in [-0.1, -0.05) is 0 Å². The summed E-state index contributed by atoms with van der Waals surface area (Å²) in [4.78, 5) is 13.9. The van der Waals surface area contributed by atoms with Gasteiger partial charge in [-0.15, -0.1) is 0 Å². The van der Waals surface area contributed by atoms with Crippen molar-refractivity contribution >= 4 is 34.9 Å². The first-order chi connectivity index (χ1) is 11.3. The van der Waals surface area contributed by atoms with E-state index in [2.05, 4.69) is 36.5 Å². The summed E-state index contributed by atoms with van der Waals surface area (Å²) in [6, 6.07) is 2.08. The van der Waals surface area contributed by atoms with Crippen LogP contribution in [0.5, 0.6) is 0 Å². The van der Waals surface area contributed by atoms with Crippen LogP contribution >= 0.6 is 12.2 Å².